The molecular formula is C10H9NO2. The van der Waals surface area contributed by atoms with Gasteiger partial charge in [-0.05, 0) is 18.2 Å². The first-order chi connectivity index (χ1) is 6.31. The van der Waals surface area contributed by atoms with Crippen LogP contribution in [0, 0.1) is 11.3 Å². The molecule has 0 unspecified atom stereocenters. The van der Waals surface area contributed by atoms with Gasteiger partial charge in [-0.1, -0.05) is 0 Å². The van der Waals surface area contributed by atoms with E-state index >= 15 is 0 Å². The fraction of sp³-hybridized carbons (Fsp3) is 0.200. The minimum atomic E-state index is 0.255. The molecule has 0 atom stereocenters. The first kappa shape index (κ1) is 9.27. The van der Waals surface area contributed by atoms with Crippen LogP contribution < -0.4 is 4.74 Å². The Hall–Kier alpha value is -1.82. The van der Waals surface area contributed by atoms with E-state index in [2.05, 4.69) is 0 Å². The lowest BCUT2D eigenvalue weighted by atomic mass is 10.1. The van der Waals surface area contributed by atoms with E-state index in [9.17, 15) is 4.79 Å². The number of benzene rings is 1. The fourth-order valence-electron chi connectivity index (χ4n) is 1.10. The lowest BCUT2D eigenvalue weighted by Crippen LogP contribution is -1.92. The van der Waals surface area contributed by atoms with Gasteiger partial charge in [0.1, 0.15) is 12.0 Å². The highest BCUT2D eigenvalue weighted by molar-refractivity contribution is 5.75. The Bertz CT molecular complexity index is 352. The monoisotopic (exact) mass is 175 g/mol. The molecule has 0 bridgehead atoms. The van der Waals surface area contributed by atoms with Crippen molar-refractivity contribution in [3.63, 3.8) is 0 Å². The predicted molar refractivity (Wildman–Crippen MR) is 47.7 cm³/mol. The minimum Gasteiger partial charge on any atom is -0.496 e. The van der Waals surface area contributed by atoms with E-state index < -0.39 is 0 Å². The molecule has 66 valence electrons. The van der Waals surface area contributed by atoms with Crippen LogP contribution in [0.5, 0.6) is 5.75 Å². The first-order valence-electron chi connectivity index (χ1n) is 3.81. The standard InChI is InChI=1S/C10H9NO2/c1-13-10-3-2-8(7-12)6-9(10)4-5-11/h2-3,6-7H,4H2,1H3. The molecule has 0 spiro atoms. The maximum atomic E-state index is 10.4. The van der Waals surface area contributed by atoms with Crippen molar-refractivity contribution in [2.45, 2.75) is 6.42 Å². The lowest BCUT2D eigenvalue weighted by Gasteiger charge is -2.04. The number of aldehydes is 1. The van der Waals surface area contributed by atoms with E-state index in [0.29, 0.717) is 11.3 Å². The van der Waals surface area contributed by atoms with Gasteiger partial charge in [0.05, 0.1) is 19.6 Å². The Kier molecular flexibility index (Phi) is 3.04. The Morgan fingerprint density at radius 1 is 1.62 bits per heavy atom. The third-order valence-corrected chi connectivity index (χ3v) is 1.71. The van der Waals surface area contributed by atoms with Gasteiger partial charge in [-0.25, -0.2) is 0 Å². The maximum absolute atomic E-state index is 10.4. The van der Waals surface area contributed by atoms with Crippen LogP contribution in [-0.4, -0.2) is 13.4 Å². The molecule has 0 amide bonds. The SMILES string of the molecule is COc1ccc(C=O)cc1CC#N. The summed E-state index contributed by atoms with van der Waals surface area (Å²) in [5, 5.41) is 8.51. The van der Waals surface area contributed by atoms with Gasteiger partial charge in [-0.15, -0.1) is 0 Å². The molecule has 0 aromatic heterocycles. The zero-order valence-corrected chi connectivity index (χ0v) is 7.28. The second kappa shape index (κ2) is 4.27. The smallest absolute Gasteiger partial charge is 0.150 e. The molecule has 0 aliphatic heterocycles. The molecule has 3 nitrogen and oxygen atoms in total. The van der Waals surface area contributed by atoms with Gasteiger partial charge in [-0.2, -0.15) is 5.26 Å². The summed E-state index contributed by atoms with van der Waals surface area (Å²) in [6.45, 7) is 0. The fourth-order valence-corrected chi connectivity index (χ4v) is 1.10. The van der Waals surface area contributed by atoms with Gasteiger partial charge in [0, 0.05) is 11.1 Å². The minimum absolute atomic E-state index is 0.255. The van der Waals surface area contributed by atoms with E-state index in [1.165, 1.54) is 7.11 Å². The molecule has 0 heterocycles. The van der Waals surface area contributed by atoms with Gasteiger partial charge in [0.15, 0.2) is 0 Å². The van der Waals surface area contributed by atoms with E-state index in [1.54, 1.807) is 18.2 Å². The maximum Gasteiger partial charge on any atom is 0.150 e. The molecule has 0 aliphatic rings. The molecule has 0 N–H and O–H groups in total. The summed E-state index contributed by atoms with van der Waals surface area (Å²) in [5.74, 6) is 0.646. The molecule has 13 heavy (non-hydrogen) atoms. The number of methoxy groups -OCH3 is 1. The molecule has 0 saturated carbocycles. The molecule has 3 heteroatoms. The zero-order valence-electron chi connectivity index (χ0n) is 7.28. The van der Waals surface area contributed by atoms with Crippen LogP contribution in [0.1, 0.15) is 15.9 Å². The van der Waals surface area contributed by atoms with Crippen LogP contribution in [0.4, 0.5) is 0 Å². The van der Waals surface area contributed by atoms with Crippen molar-refractivity contribution in [1.29, 1.82) is 5.26 Å². The van der Waals surface area contributed by atoms with Crippen molar-refractivity contribution in [3.05, 3.63) is 29.3 Å². The molecule has 0 saturated heterocycles. The average molecular weight is 175 g/mol. The number of nitriles is 1. The van der Waals surface area contributed by atoms with Crippen molar-refractivity contribution < 1.29 is 9.53 Å². The van der Waals surface area contributed by atoms with Gasteiger partial charge in [0.25, 0.3) is 0 Å². The van der Waals surface area contributed by atoms with Crippen molar-refractivity contribution in [3.8, 4) is 11.8 Å². The van der Waals surface area contributed by atoms with Crippen LogP contribution in [0.3, 0.4) is 0 Å². The van der Waals surface area contributed by atoms with Crippen LogP contribution in [0.25, 0.3) is 0 Å². The molecule has 1 rings (SSSR count). The third kappa shape index (κ3) is 2.06. The zero-order chi connectivity index (χ0) is 9.68. The van der Waals surface area contributed by atoms with Crippen molar-refractivity contribution in [2.75, 3.05) is 7.11 Å². The van der Waals surface area contributed by atoms with Crippen LogP contribution in [0.2, 0.25) is 0 Å². The molecule has 0 aliphatic carbocycles. The molecule has 0 fully saturated rings. The van der Waals surface area contributed by atoms with Crippen LogP contribution in [-0.2, 0) is 6.42 Å². The number of ether oxygens (including phenoxy) is 1. The number of rotatable bonds is 3. The molecule has 1 aromatic carbocycles. The number of nitrogens with zero attached hydrogens (tertiary/aromatic N) is 1. The predicted octanol–water partition coefficient (Wildman–Crippen LogP) is 1.57. The van der Waals surface area contributed by atoms with E-state index in [1.807, 2.05) is 6.07 Å². The summed E-state index contributed by atoms with van der Waals surface area (Å²) in [7, 11) is 1.54. The average Bonchev–Trinajstić information content (AvgIpc) is 2.18. The Labute approximate surface area is 76.6 Å². The Balaban J connectivity index is 3.11. The summed E-state index contributed by atoms with van der Waals surface area (Å²) < 4.78 is 5.03. The molecular weight excluding hydrogens is 166 g/mol. The van der Waals surface area contributed by atoms with E-state index in [-0.39, 0.29) is 6.42 Å². The lowest BCUT2D eigenvalue weighted by molar-refractivity contribution is 0.112. The number of hydrogen-bond donors (Lipinski definition) is 0. The van der Waals surface area contributed by atoms with Crippen molar-refractivity contribution in [1.82, 2.24) is 0 Å². The van der Waals surface area contributed by atoms with E-state index in [0.717, 1.165) is 11.8 Å². The topological polar surface area (TPSA) is 50.1 Å². The van der Waals surface area contributed by atoms with Gasteiger partial charge < -0.3 is 4.74 Å². The van der Waals surface area contributed by atoms with Gasteiger partial charge in [-0.3, -0.25) is 4.79 Å². The number of carbonyl (C=O) groups excluding carboxylic acids is 1. The summed E-state index contributed by atoms with van der Waals surface area (Å²) in [4.78, 5) is 10.4. The second-order valence-electron chi connectivity index (χ2n) is 2.52. The van der Waals surface area contributed by atoms with Crippen molar-refractivity contribution in [2.24, 2.45) is 0 Å². The largest absolute Gasteiger partial charge is 0.496 e. The summed E-state index contributed by atoms with van der Waals surface area (Å²) in [6.07, 6.45) is 1.01. The summed E-state index contributed by atoms with van der Waals surface area (Å²) in [5.41, 5.74) is 1.31. The van der Waals surface area contributed by atoms with Crippen LogP contribution in [0.15, 0.2) is 18.2 Å². The first-order valence-corrected chi connectivity index (χ1v) is 3.81. The highest BCUT2D eigenvalue weighted by Crippen LogP contribution is 2.19. The van der Waals surface area contributed by atoms with Gasteiger partial charge >= 0.3 is 0 Å². The quantitative estimate of drug-likeness (QED) is 0.655. The Morgan fingerprint density at radius 3 is 2.92 bits per heavy atom. The number of carbonyl (C=O) groups is 1. The Morgan fingerprint density at radius 2 is 2.38 bits per heavy atom. The third-order valence-electron chi connectivity index (χ3n) is 1.71. The second-order valence-corrected chi connectivity index (χ2v) is 2.52. The van der Waals surface area contributed by atoms with Gasteiger partial charge in [0.2, 0.25) is 0 Å². The highest BCUT2D eigenvalue weighted by atomic mass is 16.5. The summed E-state index contributed by atoms with van der Waals surface area (Å²) in [6, 6.07) is 7.03. The summed E-state index contributed by atoms with van der Waals surface area (Å²) >= 11 is 0. The highest BCUT2D eigenvalue weighted by Gasteiger charge is 2.02. The molecule has 1 aromatic rings. The van der Waals surface area contributed by atoms with Crippen molar-refractivity contribution >= 4 is 6.29 Å². The van der Waals surface area contributed by atoms with Crippen LogP contribution >= 0.6 is 0 Å². The number of hydrogen-bond acceptors (Lipinski definition) is 3. The molecule has 0 radical (unpaired) electrons. The normalized spacial score (nSPS) is 8.92. The van der Waals surface area contributed by atoms with E-state index in [4.69, 9.17) is 10.00 Å².